The average Bonchev–Trinajstić information content (AvgIpc) is 3.08. The van der Waals surface area contributed by atoms with Gasteiger partial charge in [0.15, 0.2) is 0 Å². The van der Waals surface area contributed by atoms with Crippen molar-refractivity contribution in [3.63, 3.8) is 0 Å². The second kappa shape index (κ2) is 6.43. The molecule has 1 N–H and O–H groups in total. The molecule has 1 aliphatic rings. The van der Waals surface area contributed by atoms with Crippen molar-refractivity contribution in [1.29, 1.82) is 0 Å². The van der Waals surface area contributed by atoms with Gasteiger partial charge in [0.05, 0.1) is 7.11 Å². The molecule has 2 heterocycles. The van der Waals surface area contributed by atoms with Crippen LogP contribution in [0.3, 0.4) is 0 Å². The zero-order chi connectivity index (χ0) is 14.5. The van der Waals surface area contributed by atoms with Gasteiger partial charge in [-0.2, -0.15) is 4.98 Å². The third kappa shape index (κ3) is 3.24. The molecule has 0 unspecified atom stereocenters. The Morgan fingerprint density at radius 2 is 2.00 bits per heavy atom. The van der Waals surface area contributed by atoms with E-state index in [-0.39, 0.29) is 0 Å². The van der Waals surface area contributed by atoms with E-state index in [2.05, 4.69) is 44.5 Å². The van der Waals surface area contributed by atoms with Crippen molar-refractivity contribution in [3.8, 4) is 5.88 Å². The Morgan fingerprint density at radius 3 is 2.81 bits per heavy atom. The van der Waals surface area contributed by atoms with Gasteiger partial charge in [0.1, 0.15) is 0 Å². The summed E-state index contributed by atoms with van der Waals surface area (Å²) >= 11 is 0. The monoisotopic (exact) mass is 284 g/mol. The Bertz CT molecular complexity index is 596. The first-order valence-electron chi connectivity index (χ1n) is 7.30. The molecule has 0 radical (unpaired) electrons. The summed E-state index contributed by atoms with van der Waals surface area (Å²) in [5.74, 6) is 1.16. The standard InChI is InChI=1S/C16H20N4O/c1-21-15-8-9-17-16(19-15)18-12-13-6-2-3-7-14(13)20-10-4-5-11-20/h2-3,6-9H,4-5,10-12H2,1H3,(H,17,18,19). The molecule has 0 bridgehead atoms. The molecular weight excluding hydrogens is 264 g/mol. The van der Waals surface area contributed by atoms with Gasteiger partial charge in [-0.25, -0.2) is 4.98 Å². The van der Waals surface area contributed by atoms with Crippen molar-refractivity contribution in [2.45, 2.75) is 19.4 Å². The molecule has 0 amide bonds. The van der Waals surface area contributed by atoms with E-state index in [0.29, 0.717) is 18.4 Å². The van der Waals surface area contributed by atoms with Crippen LogP contribution < -0.4 is 15.0 Å². The van der Waals surface area contributed by atoms with Crippen LogP contribution in [0.1, 0.15) is 18.4 Å². The van der Waals surface area contributed by atoms with Crippen LogP contribution in [0.25, 0.3) is 0 Å². The van der Waals surface area contributed by atoms with E-state index in [1.54, 1.807) is 19.4 Å². The highest BCUT2D eigenvalue weighted by molar-refractivity contribution is 5.55. The normalized spacial score (nSPS) is 14.2. The van der Waals surface area contributed by atoms with E-state index in [4.69, 9.17) is 4.74 Å². The highest BCUT2D eigenvalue weighted by atomic mass is 16.5. The Balaban J connectivity index is 1.72. The van der Waals surface area contributed by atoms with Gasteiger partial charge < -0.3 is 15.0 Å². The van der Waals surface area contributed by atoms with Crippen LogP contribution in [0, 0.1) is 0 Å². The number of methoxy groups -OCH3 is 1. The molecule has 0 atom stereocenters. The van der Waals surface area contributed by atoms with E-state index >= 15 is 0 Å². The maximum Gasteiger partial charge on any atom is 0.226 e. The Kier molecular flexibility index (Phi) is 4.19. The van der Waals surface area contributed by atoms with Crippen LogP contribution in [-0.2, 0) is 6.54 Å². The molecular formula is C16H20N4O. The van der Waals surface area contributed by atoms with E-state index < -0.39 is 0 Å². The summed E-state index contributed by atoms with van der Waals surface area (Å²) in [7, 11) is 1.61. The highest BCUT2D eigenvalue weighted by Crippen LogP contribution is 2.25. The third-order valence-corrected chi connectivity index (χ3v) is 3.71. The summed E-state index contributed by atoms with van der Waals surface area (Å²) in [5, 5.41) is 3.27. The molecule has 1 saturated heterocycles. The second-order valence-electron chi connectivity index (χ2n) is 5.10. The second-order valence-corrected chi connectivity index (χ2v) is 5.10. The molecule has 0 saturated carbocycles. The molecule has 1 aromatic heterocycles. The first kappa shape index (κ1) is 13.7. The lowest BCUT2D eigenvalue weighted by Crippen LogP contribution is -2.20. The largest absolute Gasteiger partial charge is 0.481 e. The SMILES string of the molecule is COc1ccnc(NCc2ccccc2N2CCCC2)n1. The highest BCUT2D eigenvalue weighted by Gasteiger charge is 2.15. The number of hydrogen-bond donors (Lipinski definition) is 1. The molecule has 5 heteroatoms. The summed E-state index contributed by atoms with van der Waals surface area (Å²) in [6, 6.07) is 10.3. The predicted molar refractivity (Wildman–Crippen MR) is 83.8 cm³/mol. The minimum Gasteiger partial charge on any atom is -0.481 e. The van der Waals surface area contributed by atoms with Gasteiger partial charge in [0.25, 0.3) is 0 Å². The Labute approximate surface area is 125 Å². The minimum absolute atomic E-state index is 0.570. The van der Waals surface area contributed by atoms with Crippen molar-refractivity contribution in [2.24, 2.45) is 0 Å². The fraction of sp³-hybridized carbons (Fsp3) is 0.375. The van der Waals surface area contributed by atoms with Crippen molar-refractivity contribution < 1.29 is 4.74 Å². The van der Waals surface area contributed by atoms with Gasteiger partial charge in [-0.05, 0) is 24.5 Å². The smallest absolute Gasteiger partial charge is 0.226 e. The lowest BCUT2D eigenvalue weighted by Gasteiger charge is -2.21. The number of anilines is 2. The van der Waals surface area contributed by atoms with Gasteiger partial charge in [-0.15, -0.1) is 0 Å². The lowest BCUT2D eigenvalue weighted by molar-refractivity contribution is 0.397. The molecule has 21 heavy (non-hydrogen) atoms. The zero-order valence-electron chi connectivity index (χ0n) is 12.2. The summed E-state index contributed by atoms with van der Waals surface area (Å²) < 4.78 is 5.11. The first-order valence-corrected chi connectivity index (χ1v) is 7.30. The predicted octanol–water partition coefficient (Wildman–Crippen LogP) is 2.70. The maximum absolute atomic E-state index is 5.11. The number of aromatic nitrogens is 2. The number of benzene rings is 1. The summed E-state index contributed by atoms with van der Waals surface area (Å²) in [5.41, 5.74) is 2.58. The molecule has 0 aliphatic carbocycles. The topological polar surface area (TPSA) is 50.3 Å². The summed E-state index contributed by atoms with van der Waals surface area (Å²) in [6.45, 7) is 3.00. The van der Waals surface area contributed by atoms with Gasteiger partial charge in [-0.3, -0.25) is 0 Å². The van der Waals surface area contributed by atoms with Crippen molar-refractivity contribution >= 4 is 11.6 Å². The van der Waals surface area contributed by atoms with Gasteiger partial charge in [-0.1, -0.05) is 18.2 Å². The van der Waals surface area contributed by atoms with E-state index in [1.807, 2.05) is 0 Å². The summed E-state index contributed by atoms with van der Waals surface area (Å²) in [4.78, 5) is 10.9. The number of nitrogens with one attached hydrogen (secondary N) is 1. The quantitative estimate of drug-likeness (QED) is 0.915. The van der Waals surface area contributed by atoms with Crippen molar-refractivity contribution in [1.82, 2.24) is 9.97 Å². The molecule has 2 aromatic rings. The molecule has 3 rings (SSSR count). The van der Waals surface area contributed by atoms with Gasteiger partial charge in [0, 0.05) is 37.6 Å². The fourth-order valence-electron chi connectivity index (χ4n) is 2.64. The molecule has 1 aliphatic heterocycles. The number of nitrogens with zero attached hydrogens (tertiary/aromatic N) is 3. The van der Waals surface area contributed by atoms with Crippen LogP contribution in [0.5, 0.6) is 5.88 Å². The fourth-order valence-corrected chi connectivity index (χ4v) is 2.64. The van der Waals surface area contributed by atoms with Crippen LogP contribution in [0.15, 0.2) is 36.5 Å². The molecule has 5 nitrogen and oxygen atoms in total. The lowest BCUT2D eigenvalue weighted by atomic mass is 10.1. The first-order chi connectivity index (χ1) is 10.4. The van der Waals surface area contributed by atoms with Gasteiger partial charge >= 0.3 is 0 Å². The van der Waals surface area contributed by atoms with E-state index in [1.165, 1.54) is 24.1 Å². The van der Waals surface area contributed by atoms with Crippen LogP contribution in [-0.4, -0.2) is 30.2 Å². The third-order valence-electron chi connectivity index (χ3n) is 3.71. The average molecular weight is 284 g/mol. The van der Waals surface area contributed by atoms with E-state index in [0.717, 1.165) is 13.1 Å². The van der Waals surface area contributed by atoms with Crippen LogP contribution in [0.4, 0.5) is 11.6 Å². The number of ether oxygens (including phenoxy) is 1. The maximum atomic E-state index is 5.11. The Hall–Kier alpha value is -2.30. The van der Waals surface area contributed by atoms with Crippen LogP contribution >= 0.6 is 0 Å². The number of rotatable bonds is 5. The Morgan fingerprint density at radius 1 is 1.19 bits per heavy atom. The molecule has 110 valence electrons. The van der Waals surface area contributed by atoms with Crippen LogP contribution in [0.2, 0.25) is 0 Å². The van der Waals surface area contributed by atoms with E-state index in [9.17, 15) is 0 Å². The molecule has 1 fully saturated rings. The minimum atomic E-state index is 0.570. The number of para-hydroxylation sites is 1. The number of hydrogen-bond acceptors (Lipinski definition) is 5. The van der Waals surface area contributed by atoms with Crippen molar-refractivity contribution in [2.75, 3.05) is 30.4 Å². The van der Waals surface area contributed by atoms with Crippen molar-refractivity contribution in [3.05, 3.63) is 42.1 Å². The molecule has 1 aromatic carbocycles. The molecule has 0 spiro atoms. The zero-order valence-corrected chi connectivity index (χ0v) is 12.2. The van der Waals surface area contributed by atoms with Gasteiger partial charge in [0.2, 0.25) is 11.8 Å². The summed E-state index contributed by atoms with van der Waals surface area (Å²) in [6.07, 6.45) is 4.25.